The summed E-state index contributed by atoms with van der Waals surface area (Å²) in [6.45, 7) is 8.83. The van der Waals surface area contributed by atoms with Gasteiger partial charge in [-0.15, -0.1) is 0 Å². The first-order chi connectivity index (χ1) is 42.7. The zero-order chi connectivity index (χ0) is 63.8. The summed E-state index contributed by atoms with van der Waals surface area (Å²) in [5, 5.41) is 146. The van der Waals surface area contributed by atoms with Crippen molar-refractivity contribution in [2.75, 3.05) is 0 Å². The Hall–Kier alpha value is -5.52. The van der Waals surface area contributed by atoms with Crippen LogP contribution in [-0.2, 0) is 0 Å². The molecule has 1 aliphatic carbocycles. The zero-order valence-electron chi connectivity index (χ0n) is 55.1. The number of rotatable bonds is 44. The number of benzene rings is 4. The molecule has 0 unspecified atom stereocenters. The summed E-state index contributed by atoms with van der Waals surface area (Å²) >= 11 is 0. The van der Waals surface area contributed by atoms with E-state index in [1.807, 2.05) is 0 Å². The predicted molar refractivity (Wildman–Crippen MR) is 359 cm³/mol. The van der Waals surface area contributed by atoms with E-state index < -0.39 is 92.7 Å². The van der Waals surface area contributed by atoms with Gasteiger partial charge < -0.3 is 61.3 Å². The first-order valence-corrected chi connectivity index (χ1v) is 35.8. The van der Waals surface area contributed by atoms with Gasteiger partial charge in [-0.3, -0.25) is 0 Å². The van der Waals surface area contributed by atoms with Crippen LogP contribution in [0.3, 0.4) is 0 Å². The SMILES string of the molecule is CCCCCCCCCCCCC1c2cc(c(O)c(O)c2O)C(CCCCCCCCCCCC)c2cc(c(O)c(O)c2O)C(CCCCCCCCCCCC)c2cc(c(O)c(O)c2O)C(CCCCCCCCCCCC)c2cc1c(O)c(O)c2O. The van der Waals surface area contributed by atoms with Crippen LogP contribution in [0.1, 0.15) is 378 Å². The molecular formula is C76H120O12. The number of hydrogen-bond acceptors (Lipinski definition) is 12. The van der Waals surface area contributed by atoms with Crippen molar-refractivity contribution in [2.45, 2.75) is 334 Å². The monoisotopic (exact) mass is 1220 g/mol. The van der Waals surface area contributed by atoms with Crippen LogP contribution in [0.2, 0.25) is 0 Å². The lowest BCUT2D eigenvalue weighted by molar-refractivity contribution is 0.347. The third-order valence-corrected chi connectivity index (χ3v) is 19.6. The largest absolute Gasteiger partial charge is 0.504 e. The van der Waals surface area contributed by atoms with E-state index in [-0.39, 0.29) is 70.2 Å². The van der Waals surface area contributed by atoms with E-state index in [0.29, 0.717) is 25.7 Å². The molecule has 0 aliphatic heterocycles. The minimum Gasteiger partial charge on any atom is -0.504 e. The molecular weight excluding hydrogens is 1100 g/mol. The van der Waals surface area contributed by atoms with E-state index >= 15 is 0 Å². The number of hydrogen-bond donors (Lipinski definition) is 12. The molecule has 5 rings (SSSR count). The lowest BCUT2D eigenvalue weighted by Crippen LogP contribution is -2.12. The minimum absolute atomic E-state index is 0.118. The van der Waals surface area contributed by atoms with Crippen LogP contribution >= 0.6 is 0 Å². The van der Waals surface area contributed by atoms with Gasteiger partial charge in [0.25, 0.3) is 0 Å². The molecule has 0 atom stereocenters. The van der Waals surface area contributed by atoms with Gasteiger partial charge in [-0.1, -0.05) is 285 Å². The molecule has 0 aromatic heterocycles. The normalized spacial score (nSPS) is 15.8. The van der Waals surface area contributed by atoms with E-state index in [2.05, 4.69) is 27.7 Å². The highest BCUT2D eigenvalue weighted by molar-refractivity contribution is 5.70. The Kier molecular flexibility index (Phi) is 33.5. The minimum atomic E-state index is -0.978. The van der Waals surface area contributed by atoms with Crippen molar-refractivity contribution in [3.63, 3.8) is 0 Å². The molecule has 4 aromatic rings. The van der Waals surface area contributed by atoms with Gasteiger partial charge >= 0.3 is 0 Å². The number of unbranched alkanes of at least 4 members (excludes halogenated alkanes) is 36. The van der Waals surface area contributed by atoms with E-state index in [4.69, 9.17) is 0 Å². The molecule has 8 bridgehead atoms. The Balaban J connectivity index is 1.75. The fourth-order valence-electron chi connectivity index (χ4n) is 14.1. The molecule has 4 aromatic carbocycles. The van der Waals surface area contributed by atoms with Crippen LogP contribution in [0.4, 0.5) is 0 Å². The van der Waals surface area contributed by atoms with E-state index in [1.54, 1.807) is 24.3 Å². The quantitative estimate of drug-likeness (QED) is 0.0146. The second kappa shape index (κ2) is 40.3. The highest BCUT2D eigenvalue weighted by atomic mass is 16.3. The first kappa shape index (κ1) is 73.2. The molecule has 0 saturated heterocycles. The molecule has 496 valence electrons. The molecule has 12 heteroatoms. The van der Waals surface area contributed by atoms with E-state index in [9.17, 15) is 61.3 Å². The summed E-state index contributed by atoms with van der Waals surface area (Å²) < 4.78 is 0. The van der Waals surface area contributed by atoms with Gasteiger partial charge in [-0.25, -0.2) is 0 Å². The fourth-order valence-corrected chi connectivity index (χ4v) is 14.1. The lowest BCUT2D eigenvalue weighted by Gasteiger charge is -2.30. The average molecular weight is 1230 g/mol. The molecule has 0 spiro atoms. The summed E-state index contributed by atoms with van der Waals surface area (Å²) in [5.41, 5.74) is 0.948. The molecule has 0 fully saturated rings. The van der Waals surface area contributed by atoms with Gasteiger partial charge in [0.1, 0.15) is 0 Å². The Morgan fingerprint density at radius 1 is 0.170 bits per heavy atom. The summed E-state index contributed by atoms with van der Waals surface area (Å²) in [4.78, 5) is 0. The Bertz CT molecular complexity index is 2170. The Morgan fingerprint density at radius 2 is 0.284 bits per heavy atom. The second-order valence-corrected chi connectivity index (χ2v) is 26.5. The van der Waals surface area contributed by atoms with Gasteiger partial charge in [0.05, 0.1) is 0 Å². The number of phenolic OH excluding ortho intramolecular Hbond substituents is 12. The van der Waals surface area contributed by atoms with Crippen molar-refractivity contribution >= 4 is 0 Å². The molecule has 12 nitrogen and oxygen atoms in total. The van der Waals surface area contributed by atoms with Gasteiger partial charge in [-0.2, -0.15) is 0 Å². The van der Waals surface area contributed by atoms with Crippen LogP contribution < -0.4 is 0 Å². The van der Waals surface area contributed by atoms with E-state index in [0.717, 1.165) is 128 Å². The van der Waals surface area contributed by atoms with Crippen molar-refractivity contribution < 1.29 is 61.3 Å². The van der Waals surface area contributed by atoms with Crippen molar-refractivity contribution in [3.05, 3.63) is 68.8 Å². The maximum absolute atomic E-state index is 12.2. The predicted octanol–water partition coefficient (Wildman–Crippen LogP) is 22.2. The van der Waals surface area contributed by atoms with E-state index in [1.165, 1.54) is 103 Å². The van der Waals surface area contributed by atoms with Gasteiger partial charge in [0.15, 0.2) is 46.0 Å². The Labute approximate surface area is 530 Å². The van der Waals surface area contributed by atoms with Crippen LogP contribution in [0.25, 0.3) is 0 Å². The molecule has 0 radical (unpaired) electrons. The summed E-state index contributed by atoms with van der Waals surface area (Å²) in [7, 11) is 0. The zero-order valence-corrected chi connectivity index (χ0v) is 55.1. The van der Waals surface area contributed by atoms with Crippen LogP contribution in [0.15, 0.2) is 24.3 Å². The fraction of sp³-hybridized carbons (Fsp3) is 0.684. The molecule has 1 aliphatic rings. The van der Waals surface area contributed by atoms with Gasteiger partial charge in [-0.05, 0) is 49.9 Å². The van der Waals surface area contributed by atoms with Crippen molar-refractivity contribution in [3.8, 4) is 69.0 Å². The van der Waals surface area contributed by atoms with Crippen molar-refractivity contribution in [1.82, 2.24) is 0 Å². The smallest absolute Gasteiger partial charge is 0.200 e. The van der Waals surface area contributed by atoms with Crippen LogP contribution in [0.5, 0.6) is 69.0 Å². The third kappa shape index (κ3) is 21.3. The molecule has 12 N–H and O–H groups in total. The highest BCUT2D eigenvalue weighted by Gasteiger charge is 2.37. The average Bonchev–Trinajstić information content (AvgIpc) is 1.67. The topological polar surface area (TPSA) is 243 Å². The number of fused-ring (bicyclic) bond motifs is 8. The standard InChI is InChI=1S/C76H120O12/c1-5-9-13-17-21-25-29-33-37-41-45-53-57-49-59(67(79)73(85)65(57)77)54(46-42-38-34-30-26-22-18-14-10-6-2)61-51-63(71(83)75(87)69(61)81)56(48-44-40-36-32-28-24-20-16-12-8-4)64-52-62(70(82)76(88)72(64)84)55(60-50-58(53)66(78)74(86)68(60)80)47-43-39-35-31-27-23-19-15-11-7-3/h49-56,77-88H,5-48H2,1-4H3. The third-order valence-electron chi connectivity index (χ3n) is 19.6. The van der Waals surface area contributed by atoms with Crippen LogP contribution in [-0.4, -0.2) is 61.3 Å². The maximum atomic E-state index is 12.2. The maximum Gasteiger partial charge on any atom is 0.200 e. The molecule has 0 amide bonds. The molecule has 0 saturated carbocycles. The molecule has 0 heterocycles. The van der Waals surface area contributed by atoms with Crippen LogP contribution in [0, 0.1) is 0 Å². The number of phenols is 12. The van der Waals surface area contributed by atoms with Crippen molar-refractivity contribution in [2.24, 2.45) is 0 Å². The first-order valence-electron chi connectivity index (χ1n) is 35.8. The Morgan fingerprint density at radius 3 is 0.409 bits per heavy atom. The second-order valence-electron chi connectivity index (χ2n) is 26.5. The van der Waals surface area contributed by atoms with Gasteiger partial charge in [0, 0.05) is 68.2 Å². The van der Waals surface area contributed by atoms with Crippen molar-refractivity contribution in [1.29, 1.82) is 0 Å². The highest BCUT2D eigenvalue weighted by Crippen LogP contribution is 2.59. The van der Waals surface area contributed by atoms with Gasteiger partial charge in [0.2, 0.25) is 23.0 Å². The number of aromatic hydroxyl groups is 12. The summed E-state index contributed by atoms with van der Waals surface area (Å²) in [6.07, 6.45) is 42.7. The lowest BCUT2D eigenvalue weighted by atomic mass is 9.76. The summed E-state index contributed by atoms with van der Waals surface area (Å²) in [6, 6.07) is 6.35. The summed E-state index contributed by atoms with van der Waals surface area (Å²) in [5.74, 6) is -12.4. The molecule has 88 heavy (non-hydrogen) atoms.